The molecule has 0 saturated carbocycles. The van der Waals surface area contributed by atoms with Gasteiger partial charge in [0, 0.05) is 25.2 Å². The number of amides is 1. The molecule has 1 amide bonds. The Labute approximate surface area is 167 Å². The van der Waals surface area contributed by atoms with E-state index in [0.29, 0.717) is 32.1 Å². The molecule has 150 valence electrons. The van der Waals surface area contributed by atoms with Gasteiger partial charge < -0.3 is 20.3 Å². The number of nitrogens with zero attached hydrogens (tertiary/aromatic N) is 2. The predicted molar refractivity (Wildman–Crippen MR) is 113 cm³/mol. The van der Waals surface area contributed by atoms with Crippen molar-refractivity contribution in [2.24, 2.45) is 4.99 Å². The molecule has 0 unspecified atom stereocenters. The molecule has 0 atom stereocenters. The van der Waals surface area contributed by atoms with Crippen molar-refractivity contribution >= 4 is 11.9 Å². The fourth-order valence-electron chi connectivity index (χ4n) is 2.79. The van der Waals surface area contributed by atoms with Gasteiger partial charge in [0.05, 0.1) is 20.2 Å². The molecular formula is C22H30N4O2. The minimum absolute atomic E-state index is 0.0363. The zero-order valence-electron chi connectivity index (χ0n) is 16.9. The number of hydrogen-bond acceptors (Lipinski definition) is 3. The van der Waals surface area contributed by atoms with Gasteiger partial charge in [-0.2, -0.15) is 0 Å². The number of methoxy groups -OCH3 is 1. The van der Waals surface area contributed by atoms with Crippen LogP contribution in [0.25, 0.3) is 0 Å². The Balaban J connectivity index is 1.96. The highest BCUT2D eigenvalue weighted by Gasteiger charge is 2.12. The monoisotopic (exact) mass is 382 g/mol. The molecule has 0 aliphatic carbocycles. The molecule has 28 heavy (non-hydrogen) atoms. The summed E-state index contributed by atoms with van der Waals surface area (Å²) in [5, 5.41) is 6.32. The van der Waals surface area contributed by atoms with E-state index < -0.39 is 0 Å². The summed E-state index contributed by atoms with van der Waals surface area (Å²) in [6.45, 7) is 6.62. The second-order valence-electron chi connectivity index (χ2n) is 6.25. The van der Waals surface area contributed by atoms with Gasteiger partial charge in [-0.15, -0.1) is 0 Å². The normalized spacial score (nSPS) is 11.0. The molecule has 6 nitrogen and oxygen atoms in total. The summed E-state index contributed by atoms with van der Waals surface area (Å²) < 4.78 is 5.37. The molecule has 0 radical (unpaired) electrons. The number of nitrogens with one attached hydrogen (secondary N) is 2. The van der Waals surface area contributed by atoms with Gasteiger partial charge in [0.25, 0.3) is 0 Å². The number of benzene rings is 2. The van der Waals surface area contributed by atoms with Crippen molar-refractivity contribution in [3.05, 3.63) is 65.7 Å². The van der Waals surface area contributed by atoms with Gasteiger partial charge in [-0.25, -0.2) is 4.99 Å². The molecule has 0 aliphatic rings. The maximum absolute atomic E-state index is 12.6. The number of rotatable bonds is 9. The summed E-state index contributed by atoms with van der Waals surface area (Å²) in [6.07, 6.45) is 0. The lowest BCUT2D eigenvalue weighted by Crippen LogP contribution is -2.44. The average Bonchev–Trinajstić information content (AvgIpc) is 2.74. The minimum Gasteiger partial charge on any atom is -0.496 e. The minimum atomic E-state index is 0.0363. The number of likely N-dealkylation sites (N-methyl/N-ethyl adjacent to an activating group) is 1. The average molecular weight is 383 g/mol. The van der Waals surface area contributed by atoms with Crippen LogP contribution in [0.1, 0.15) is 25.0 Å². The number of aliphatic imine (C=N–C) groups is 1. The lowest BCUT2D eigenvalue weighted by atomic mass is 10.2. The third-order valence-electron chi connectivity index (χ3n) is 4.30. The smallest absolute Gasteiger partial charge is 0.242 e. The first kappa shape index (κ1) is 21.3. The van der Waals surface area contributed by atoms with Crippen molar-refractivity contribution in [2.75, 3.05) is 26.7 Å². The van der Waals surface area contributed by atoms with Crippen LogP contribution in [-0.2, 0) is 17.9 Å². The highest BCUT2D eigenvalue weighted by Crippen LogP contribution is 2.17. The van der Waals surface area contributed by atoms with E-state index in [1.165, 1.54) is 0 Å². The second-order valence-corrected chi connectivity index (χ2v) is 6.25. The molecule has 2 N–H and O–H groups in total. The Morgan fingerprint density at radius 2 is 1.75 bits per heavy atom. The molecule has 0 spiro atoms. The van der Waals surface area contributed by atoms with Gasteiger partial charge >= 0.3 is 0 Å². The maximum Gasteiger partial charge on any atom is 0.242 e. The Hall–Kier alpha value is -3.02. The van der Waals surface area contributed by atoms with Crippen LogP contribution < -0.4 is 15.4 Å². The van der Waals surface area contributed by atoms with Crippen molar-refractivity contribution in [1.82, 2.24) is 15.5 Å². The van der Waals surface area contributed by atoms with Crippen LogP contribution >= 0.6 is 0 Å². The lowest BCUT2D eigenvalue weighted by Gasteiger charge is -2.22. The van der Waals surface area contributed by atoms with Gasteiger partial charge in [-0.3, -0.25) is 4.79 Å². The molecule has 6 heteroatoms. The second kappa shape index (κ2) is 11.6. The third kappa shape index (κ3) is 6.61. The van der Waals surface area contributed by atoms with Crippen molar-refractivity contribution < 1.29 is 9.53 Å². The number of hydrogen-bond donors (Lipinski definition) is 2. The molecule has 0 fully saturated rings. The summed E-state index contributed by atoms with van der Waals surface area (Å²) in [7, 11) is 1.65. The summed E-state index contributed by atoms with van der Waals surface area (Å²) in [6, 6.07) is 17.8. The summed E-state index contributed by atoms with van der Waals surface area (Å²) in [5.74, 6) is 1.45. The molecule has 2 aromatic carbocycles. The molecule has 2 aromatic rings. The van der Waals surface area contributed by atoms with E-state index in [1.807, 2.05) is 73.3 Å². The topological polar surface area (TPSA) is 66.0 Å². The summed E-state index contributed by atoms with van der Waals surface area (Å²) in [5.41, 5.74) is 2.11. The largest absolute Gasteiger partial charge is 0.496 e. The number of carbonyl (C=O) groups excluding carboxylic acids is 1. The van der Waals surface area contributed by atoms with E-state index in [1.54, 1.807) is 7.11 Å². The highest BCUT2D eigenvalue weighted by molar-refractivity contribution is 5.86. The molecule has 0 aliphatic heterocycles. The highest BCUT2D eigenvalue weighted by atomic mass is 16.5. The first-order chi connectivity index (χ1) is 13.7. The van der Waals surface area contributed by atoms with E-state index in [4.69, 9.17) is 4.74 Å². The Kier molecular flexibility index (Phi) is 8.85. The number of para-hydroxylation sites is 1. The van der Waals surface area contributed by atoms with Crippen LogP contribution in [-0.4, -0.2) is 43.5 Å². The fourth-order valence-corrected chi connectivity index (χ4v) is 2.79. The SMILES string of the molecule is CCNC(=NCc1ccccc1OC)NCC(=O)N(CC)Cc1ccccc1. The van der Waals surface area contributed by atoms with Crippen molar-refractivity contribution in [3.8, 4) is 5.75 Å². The zero-order chi connectivity index (χ0) is 20.2. The summed E-state index contributed by atoms with van der Waals surface area (Å²) >= 11 is 0. The molecule has 2 rings (SSSR count). The molecule has 0 saturated heterocycles. The van der Waals surface area contributed by atoms with Crippen LogP contribution in [0, 0.1) is 0 Å². The third-order valence-corrected chi connectivity index (χ3v) is 4.30. The Morgan fingerprint density at radius 1 is 1.04 bits per heavy atom. The van der Waals surface area contributed by atoms with Crippen LogP contribution in [0.5, 0.6) is 5.75 Å². The van der Waals surface area contributed by atoms with Crippen molar-refractivity contribution in [1.29, 1.82) is 0 Å². The van der Waals surface area contributed by atoms with Gasteiger partial charge in [0.2, 0.25) is 5.91 Å². The van der Waals surface area contributed by atoms with Crippen LogP contribution in [0.15, 0.2) is 59.6 Å². The van der Waals surface area contributed by atoms with Gasteiger partial charge in [0.15, 0.2) is 5.96 Å². The number of guanidine groups is 1. The van der Waals surface area contributed by atoms with Gasteiger partial charge in [-0.1, -0.05) is 48.5 Å². The Morgan fingerprint density at radius 3 is 2.43 bits per heavy atom. The van der Waals surface area contributed by atoms with E-state index >= 15 is 0 Å². The van der Waals surface area contributed by atoms with Crippen molar-refractivity contribution in [3.63, 3.8) is 0 Å². The lowest BCUT2D eigenvalue weighted by molar-refractivity contribution is -0.130. The van der Waals surface area contributed by atoms with E-state index in [-0.39, 0.29) is 12.5 Å². The Bertz CT molecular complexity index is 762. The molecular weight excluding hydrogens is 352 g/mol. The van der Waals surface area contributed by atoms with Gasteiger partial charge in [0.1, 0.15) is 5.75 Å². The van der Waals surface area contributed by atoms with E-state index in [0.717, 1.165) is 16.9 Å². The maximum atomic E-state index is 12.6. The van der Waals surface area contributed by atoms with Crippen LogP contribution in [0.4, 0.5) is 0 Å². The number of ether oxygens (including phenoxy) is 1. The molecule has 0 heterocycles. The fraction of sp³-hybridized carbons (Fsp3) is 0.364. The quantitative estimate of drug-likeness (QED) is 0.517. The van der Waals surface area contributed by atoms with Crippen LogP contribution in [0.2, 0.25) is 0 Å². The predicted octanol–water partition coefficient (Wildman–Crippen LogP) is 2.80. The zero-order valence-corrected chi connectivity index (χ0v) is 16.9. The summed E-state index contributed by atoms with van der Waals surface area (Å²) in [4.78, 5) is 19.0. The van der Waals surface area contributed by atoms with Gasteiger partial charge in [-0.05, 0) is 25.5 Å². The first-order valence-electron chi connectivity index (χ1n) is 9.63. The standard InChI is InChI=1S/C22H30N4O2/c1-4-23-22(24-15-19-13-9-10-14-20(19)28-3)25-16-21(27)26(5-2)17-18-11-7-6-8-12-18/h6-14H,4-5,15-17H2,1-3H3,(H2,23,24,25). The first-order valence-corrected chi connectivity index (χ1v) is 9.63. The van der Waals surface area contributed by atoms with Crippen molar-refractivity contribution in [2.45, 2.75) is 26.9 Å². The number of carbonyl (C=O) groups is 1. The molecule has 0 aromatic heterocycles. The van der Waals surface area contributed by atoms with E-state index in [2.05, 4.69) is 15.6 Å². The molecule has 0 bridgehead atoms. The van der Waals surface area contributed by atoms with Crippen LogP contribution in [0.3, 0.4) is 0 Å². The van der Waals surface area contributed by atoms with E-state index in [9.17, 15) is 4.79 Å².